The topological polar surface area (TPSA) is 36.3 Å². The number of ether oxygens (including phenoxy) is 1. The zero-order chi connectivity index (χ0) is 13.7. The van der Waals surface area contributed by atoms with E-state index >= 15 is 0 Å². The average molecular weight is 252 g/mol. The van der Waals surface area contributed by atoms with E-state index in [1.807, 2.05) is 37.4 Å². The minimum atomic E-state index is 0.650. The fourth-order valence-corrected chi connectivity index (χ4v) is 2.00. The summed E-state index contributed by atoms with van der Waals surface area (Å²) < 4.78 is 5.35. The normalized spacial score (nSPS) is 9.74. The van der Waals surface area contributed by atoms with Crippen LogP contribution in [0.25, 0.3) is 0 Å². The van der Waals surface area contributed by atoms with Crippen molar-refractivity contribution in [3.8, 4) is 11.8 Å². The molecule has 2 aromatic rings. The van der Waals surface area contributed by atoms with Crippen molar-refractivity contribution in [1.29, 1.82) is 5.26 Å². The molecule has 96 valence electrons. The third kappa shape index (κ3) is 3.05. The molecule has 0 saturated carbocycles. The highest BCUT2D eigenvalue weighted by Gasteiger charge is 2.08. The number of anilines is 1. The van der Waals surface area contributed by atoms with Gasteiger partial charge in [-0.1, -0.05) is 18.2 Å². The molecule has 0 aliphatic rings. The lowest BCUT2D eigenvalue weighted by atomic mass is 10.1. The van der Waals surface area contributed by atoms with Gasteiger partial charge in [-0.2, -0.15) is 5.26 Å². The second-order valence-electron chi connectivity index (χ2n) is 4.33. The molecule has 0 bridgehead atoms. The molecule has 0 spiro atoms. The molecule has 0 atom stereocenters. The van der Waals surface area contributed by atoms with Crippen molar-refractivity contribution in [2.24, 2.45) is 0 Å². The van der Waals surface area contributed by atoms with E-state index in [2.05, 4.69) is 23.1 Å². The minimum Gasteiger partial charge on any atom is -0.496 e. The Bertz CT molecular complexity index is 587. The molecule has 0 aliphatic heterocycles. The van der Waals surface area contributed by atoms with Crippen LogP contribution in [-0.2, 0) is 6.54 Å². The third-order valence-electron chi connectivity index (χ3n) is 3.01. The molecule has 0 unspecified atom stereocenters. The van der Waals surface area contributed by atoms with Crippen LogP contribution in [0.15, 0.2) is 48.5 Å². The zero-order valence-electron chi connectivity index (χ0n) is 11.1. The van der Waals surface area contributed by atoms with Gasteiger partial charge in [-0.3, -0.25) is 0 Å². The van der Waals surface area contributed by atoms with Gasteiger partial charge in [0.2, 0.25) is 0 Å². The first-order valence-electron chi connectivity index (χ1n) is 6.08. The van der Waals surface area contributed by atoms with Crippen LogP contribution in [0, 0.1) is 11.3 Å². The van der Waals surface area contributed by atoms with Crippen LogP contribution in [0.4, 0.5) is 5.69 Å². The van der Waals surface area contributed by atoms with Gasteiger partial charge >= 0.3 is 0 Å². The van der Waals surface area contributed by atoms with E-state index in [9.17, 15) is 0 Å². The van der Waals surface area contributed by atoms with Gasteiger partial charge in [0.1, 0.15) is 5.75 Å². The van der Waals surface area contributed by atoms with Gasteiger partial charge in [0.25, 0.3) is 0 Å². The van der Waals surface area contributed by atoms with Gasteiger partial charge < -0.3 is 9.64 Å². The number of nitriles is 1. The number of nitrogens with zero attached hydrogens (tertiary/aromatic N) is 2. The van der Waals surface area contributed by atoms with E-state index in [1.54, 1.807) is 13.2 Å². The summed E-state index contributed by atoms with van der Waals surface area (Å²) in [6.07, 6.45) is 0. The third-order valence-corrected chi connectivity index (χ3v) is 3.01. The molecule has 0 aromatic heterocycles. The van der Waals surface area contributed by atoms with Crippen molar-refractivity contribution in [2.75, 3.05) is 19.1 Å². The van der Waals surface area contributed by atoms with E-state index in [1.165, 1.54) is 0 Å². The predicted molar refractivity (Wildman–Crippen MR) is 76.3 cm³/mol. The second-order valence-corrected chi connectivity index (χ2v) is 4.33. The molecular formula is C16H16N2O. The highest BCUT2D eigenvalue weighted by molar-refractivity contribution is 5.49. The molecule has 3 nitrogen and oxygen atoms in total. The van der Waals surface area contributed by atoms with E-state index in [0.29, 0.717) is 12.1 Å². The van der Waals surface area contributed by atoms with Crippen molar-refractivity contribution in [2.45, 2.75) is 6.54 Å². The maximum absolute atomic E-state index is 8.97. The fraction of sp³-hybridized carbons (Fsp3) is 0.188. The van der Waals surface area contributed by atoms with Gasteiger partial charge in [0.05, 0.1) is 18.7 Å². The number of hydrogen-bond donors (Lipinski definition) is 0. The van der Waals surface area contributed by atoms with Gasteiger partial charge in [0.15, 0.2) is 0 Å². The molecule has 3 heteroatoms. The Balaban J connectivity index is 2.25. The number of rotatable bonds is 4. The molecule has 0 aliphatic carbocycles. The largest absolute Gasteiger partial charge is 0.496 e. The number of benzene rings is 2. The summed E-state index contributed by atoms with van der Waals surface area (Å²) in [4.78, 5) is 2.12. The summed E-state index contributed by atoms with van der Waals surface area (Å²) >= 11 is 0. The number of hydrogen-bond acceptors (Lipinski definition) is 3. The van der Waals surface area contributed by atoms with Crippen molar-refractivity contribution in [1.82, 2.24) is 0 Å². The van der Waals surface area contributed by atoms with Crippen LogP contribution >= 0.6 is 0 Å². The molecule has 0 fully saturated rings. The maximum Gasteiger partial charge on any atom is 0.123 e. The van der Waals surface area contributed by atoms with Crippen molar-refractivity contribution in [3.63, 3.8) is 0 Å². The van der Waals surface area contributed by atoms with Gasteiger partial charge in [-0.05, 0) is 30.3 Å². The summed E-state index contributed by atoms with van der Waals surface area (Å²) in [5, 5.41) is 8.97. The summed E-state index contributed by atoms with van der Waals surface area (Å²) in [6.45, 7) is 0.697. The Labute approximate surface area is 113 Å². The molecule has 0 radical (unpaired) electrons. The van der Waals surface area contributed by atoms with Crippen molar-refractivity contribution >= 4 is 5.69 Å². The summed E-state index contributed by atoms with van der Waals surface area (Å²) in [7, 11) is 3.67. The highest BCUT2D eigenvalue weighted by atomic mass is 16.5. The summed E-state index contributed by atoms with van der Waals surface area (Å²) in [6, 6.07) is 17.8. The van der Waals surface area contributed by atoms with E-state index in [4.69, 9.17) is 10.00 Å². The maximum atomic E-state index is 8.97. The Morgan fingerprint density at radius 1 is 1.16 bits per heavy atom. The lowest BCUT2D eigenvalue weighted by Gasteiger charge is -2.20. The molecule has 0 amide bonds. The number of methoxy groups -OCH3 is 1. The summed E-state index contributed by atoms with van der Waals surface area (Å²) in [5.41, 5.74) is 2.79. The fourth-order valence-electron chi connectivity index (χ4n) is 2.00. The molecular weight excluding hydrogens is 236 g/mol. The van der Waals surface area contributed by atoms with Gasteiger partial charge in [-0.15, -0.1) is 0 Å². The highest BCUT2D eigenvalue weighted by Crippen LogP contribution is 2.23. The monoisotopic (exact) mass is 252 g/mol. The second kappa shape index (κ2) is 5.92. The molecule has 0 saturated heterocycles. The quantitative estimate of drug-likeness (QED) is 0.838. The SMILES string of the molecule is COc1ccc(C#N)cc1CN(C)c1ccccc1. The number of para-hydroxylation sites is 1. The molecule has 2 rings (SSSR count). The Hall–Kier alpha value is -2.47. The van der Waals surface area contributed by atoms with Crippen LogP contribution < -0.4 is 9.64 Å². The minimum absolute atomic E-state index is 0.650. The Morgan fingerprint density at radius 3 is 2.53 bits per heavy atom. The lowest BCUT2D eigenvalue weighted by molar-refractivity contribution is 0.409. The van der Waals surface area contributed by atoms with E-state index < -0.39 is 0 Å². The molecule has 0 heterocycles. The van der Waals surface area contributed by atoms with E-state index in [0.717, 1.165) is 17.0 Å². The van der Waals surface area contributed by atoms with Crippen LogP contribution in [0.5, 0.6) is 5.75 Å². The van der Waals surface area contributed by atoms with Crippen molar-refractivity contribution < 1.29 is 4.74 Å². The van der Waals surface area contributed by atoms with Gasteiger partial charge in [-0.25, -0.2) is 0 Å². The lowest BCUT2D eigenvalue weighted by Crippen LogP contribution is -2.16. The zero-order valence-corrected chi connectivity index (χ0v) is 11.1. The van der Waals surface area contributed by atoms with Crippen LogP contribution in [0.1, 0.15) is 11.1 Å². The van der Waals surface area contributed by atoms with E-state index in [-0.39, 0.29) is 0 Å². The first kappa shape index (κ1) is 13.0. The average Bonchev–Trinajstić information content (AvgIpc) is 2.48. The molecule has 0 N–H and O–H groups in total. The first-order chi connectivity index (χ1) is 9.24. The Morgan fingerprint density at radius 2 is 1.89 bits per heavy atom. The smallest absolute Gasteiger partial charge is 0.123 e. The molecule has 19 heavy (non-hydrogen) atoms. The van der Waals surface area contributed by atoms with Crippen LogP contribution in [0.2, 0.25) is 0 Å². The first-order valence-corrected chi connectivity index (χ1v) is 6.08. The summed E-state index contributed by atoms with van der Waals surface area (Å²) in [5.74, 6) is 0.807. The standard InChI is InChI=1S/C16H16N2O/c1-18(15-6-4-3-5-7-15)12-14-10-13(11-17)8-9-16(14)19-2/h3-10H,12H2,1-2H3. The van der Waals surface area contributed by atoms with Crippen molar-refractivity contribution in [3.05, 3.63) is 59.7 Å². The van der Waals surface area contributed by atoms with Crippen LogP contribution in [-0.4, -0.2) is 14.2 Å². The van der Waals surface area contributed by atoms with Gasteiger partial charge in [0, 0.05) is 24.8 Å². The Kier molecular flexibility index (Phi) is 4.04. The van der Waals surface area contributed by atoms with Crippen LogP contribution in [0.3, 0.4) is 0 Å². The predicted octanol–water partition coefficient (Wildman–Crippen LogP) is 3.20. The molecule has 2 aromatic carbocycles.